The van der Waals surface area contributed by atoms with Crippen LogP contribution < -0.4 is 10.6 Å². The molecular formula is C36H40ClF2N5O4Si. The van der Waals surface area contributed by atoms with Crippen molar-refractivity contribution in [3.8, 4) is 22.4 Å². The molecule has 1 aliphatic rings. The number of ether oxygens (including phenoxy) is 2. The summed E-state index contributed by atoms with van der Waals surface area (Å²) < 4.78 is 42.6. The average molecular weight is 708 g/mol. The van der Waals surface area contributed by atoms with Crippen LogP contribution in [-0.2, 0) is 21.0 Å². The molecule has 2 aromatic carbocycles. The summed E-state index contributed by atoms with van der Waals surface area (Å²) >= 11 is 5.96. The summed E-state index contributed by atoms with van der Waals surface area (Å²) in [5.74, 6) is -1.46. The van der Waals surface area contributed by atoms with E-state index in [0.29, 0.717) is 65.7 Å². The Bertz CT molecular complexity index is 1860. The van der Waals surface area contributed by atoms with Crippen LogP contribution in [0.15, 0.2) is 55.2 Å². The number of aromatic nitrogens is 3. The maximum Gasteiger partial charge on any atom is 0.411 e. The molecule has 0 saturated heterocycles. The molecule has 1 aliphatic heterocycles. The lowest BCUT2D eigenvalue weighted by Gasteiger charge is -2.20. The molecule has 5 rings (SSSR count). The standard InChI is InChI=1S/C36H40ClF2N5O4Si/c1-6-30-34-24-13-12-23(41-36(46)47-2)19-29(24)42-31(45)10-8-7-9-25(35(43-34)44(30)21-48-17-18-49(3,4)5)28-16-11-22(20-40-28)32-27(38)15-14-26(37)33(32)39/h6,11-16,19-20,25H,1,7-10,17-18,21H2,2-5H3,(H,41,46)(H,42,45). The van der Waals surface area contributed by atoms with Crippen molar-refractivity contribution < 1.29 is 27.8 Å². The largest absolute Gasteiger partial charge is 0.453 e. The van der Waals surface area contributed by atoms with Crippen molar-refractivity contribution in [2.45, 2.75) is 64.0 Å². The van der Waals surface area contributed by atoms with Gasteiger partial charge in [0.25, 0.3) is 0 Å². The Morgan fingerprint density at radius 2 is 1.98 bits per heavy atom. The predicted octanol–water partition coefficient (Wildman–Crippen LogP) is 9.32. The molecule has 13 heteroatoms. The Hall–Kier alpha value is -4.39. The average Bonchev–Trinajstić information content (AvgIpc) is 3.42. The molecule has 2 aromatic heterocycles. The van der Waals surface area contributed by atoms with Crippen molar-refractivity contribution in [1.29, 1.82) is 0 Å². The fourth-order valence-corrected chi connectivity index (χ4v) is 6.65. The minimum atomic E-state index is -1.37. The fraction of sp³-hybridized carbons (Fsp3) is 0.333. The normalized spacial score (nSPS) is 15.0. The number of methoxy groups -OCH3 is 1. The SMILES string of the molecule is C=Cc1c2nc(n1COCC[Si](C)(C)C)C(c1ccc(-c3c(F)ccc(Cl)c3F)cn1)CCCCC(=O)Nc1cc(NC(=O)OC)ccc1-2. The first kappa shape index (κ1) is 35.9. The number of nitrogens with zero attached hydrogens (tertiary/aromatic N) is 3. The van der Waals surface area contributed by atoms with Crippen LogP contribution in [0.4, 0.5) is 25.0 Å². The zero-order valence-electron chi connectivity index (χ0n) is 28.0. The zero-order valence-corrected chi connectivity index (χ0v) is 29.8. The molecule has 0 fully saturated rings. The van der Waals surface area contributed by atoms with E-state index in [1.807, 2.05) is 4.57 Å². The lowest BCUT2D eigenvalue weighted by molar-refractivity contribution is -0.116. The number of halogens is 3. The third-order valence-electron chi connectivity index (χ3n) is 8.36. The number of anilines is 2. The van der Waals surface area contributed by atoms with Gasteiger partial charge in [-0.2, -0.15) is 0 Å². The van der Waals surface area contributed by atoms with Gasteiger partial charge in [0.05, 0.1) is 46.4 Å². The molecule has 0 spiro atoms. The second-order valence-corrected chi connectivity index (χ2v) is 19.1. The number of hydrogen-bond donors (Lipinski definition) is 2. The molecule has 2 N–H and O–H groups in total. The topological polar surface area (TPSA) is 107 Å². The van der Waals surface area contributed by atoms with E-state index in [9.17, 15) is 18.4 Å². The molecule has 3 heterocycles. The Balaban J connectivity index is 1.64. The van der Waals surface area contributed by atoms with Gasteiger partial charge >= 0.3 is 6.09 Å². The number of rotatable bonds is 9. The molecule has 4 aromatic rings. The van der Waals surface area contributed by atoms with Gasteiger partial charge in [-0.1, -0.05) is 50.3 Å². The van der Waals surface area contributed by atoms with E-state index in [4.69, 9.17) is 31.0 Å². The number of amides is 2. The van der Waals surface area contributed by atoms with Gasteiger partial charge in [-0.25, -0.2) is 18.6 Å². The van der Waals surface area contributed by atoms with Crippen molar-refractivity contribution >= 4 is 49.1 Å². The minimum Gasteiger partial charge on any atom is -0.453 e. The second kappa shape index (κ2) is 15.4. The van der Waals surface area contributed by atoms with Gasteiger partial charge in [-0.3, -0.25) is 15.1 Å². The van der Waals surface area contributed by atoms with Crippen LogP contribution in [0.25, 0.3) is 28.5 Å². The minimum absolute atomic E-state index is 0.182. The molecule has 0 aliphatic carbocycles. The highest BCUT2D eigenvalue weighted by Gasteiger charge is 2.28. The summed E-state index contributed by atoms with van der Waals surface area (Å²) in [4.78, 5) is 35.0. The number of fused-ring (bicyclic) bond motifs is 4. The van der Waals surface area contributed by atoms with Crippen LogP contribution in [0.1, 0.15) is 48.8 Å². The van der Waals surface area contributed by atoms with Crippen molar-refractivity contribution in [3.05, 3.63) is 89.1 Å². The maximum atomic E-state index is 14.9. The number of hydrogen-bond acceptors (Lipinski definition) is 6. The van der Waals surface area contributed by atoms with E-state index in [2.05, 4.69) is 36.9 Å². The van der Waals surface area contributed by atoms with Crippen LogP contribution in [-0.4, -0.2) is 48.3 Å². The fourth-order valence-electron chi connectivity index (χ4n) is 5.73. The summed E-state index contributed by atoms with van der Waals surface area (Å²) in [7, 11) is -0.0968. The lowest BCUT2D eigenvalue weighted by atomic mass is 9.95. The van der Waals surface area contributed by atoms with Gasteiger partial charge in [0, 0.05) is 44.1 Å². The Morgan fingerprint density at radius 1 is 1.18 bits per heavy atom. The molecule has 49 heavy (non-hydrogen) atoms. The predicted molar refractivity (Wildman–Crippen MR) is 191 cm³/mol. The zero-order chi connectivity index (χ0) is 35.3. The Kier molecular flexibility index (Phi) is 11.3. The maximum absolute atomic E-state index is 14.9. The van der Waals surface area contributed by atoms with Crippen molar-refractivity contribution in [1.82, 2.24) is 14.5 Å². The third-order valence-corrected chi connectivity index (χ3v) is 10.4. The van der Waals surface area contributed by atoms with Crippen LogP contribution >= 0.6 is 11.6 Å². The number of pyridine rings is 1. The third kappa shape index (κ3) is 8.43. The number of carbonyl (C=O) groups excluding carboxylic acids is 2. The van der Waals surface area contributed by atoms with E-state index in [-0.39, 0.29) is 41.1 Å². The first-order chi connectivity index (χ1) is 23.4. The summed E-state index contributed by atoms with van der Waals surface area (Å²) in [5.41, 5.74) is 3.39. The van der Waals surface area contributed by atoms with Gasteiger partial charge in [0.1, 0.15) is 18.4 Å². The molecule has 9 nitrogen and oxygen atoms in total. The molecule has 1 atom stereocenters. The molecule has 2 amide bonds. The van der Waals surface area contributed by atoms with Crippen LogP contribution in [0.5, 0.6) is 0 Å². The highest BCUT2D eigenvalue weighted by molar-refractivity contribution is 6.76. The van der Waals surface area contributed by atoms with Crippen molar-refractivity contribution in [3.63, 3.8) is 0 Å². The summed E-state index contributed by atoms with van der Waals surface area (Å²) in [6, 6.07) is 11.8. The van der Waals surface area contributed by atoms with Crippen molar-refractivity contribution in [2.24, 2.45) is 0 Å². The smallest absolute Gasteiger partial charge is 0.411 e. The summed E-state index contributed by atoms with van der Waals surface area (Å²) in [5, 5.41) is 5.47. The van der Waals surface area contributed by atoms with E-state index in [1.54, 1.807) is 36.4 Å². The Labute approximate surface area is 290 Å². The van der Waals surface area contributed by atoms with Gasteiger partial charge in [0.15, 0.2) is 5.82 Å². The van der Waals surface area contributed by atoms with Crippen LogP contribution in [0.2, 0.25) is 30.7 Å². The summed E-state index contributed by atoms with van der Waals surface area (Å²) in [6.07, 6.45) is 4.62. The highest BCUT2D eigenvalue weighted by Crippen LogP contribution is 2.39. The van der Waals surface area contributed by atoms with Gasteiger partial charge in [0.2, 0.25) is 5.91 Å². The molecule has 2 bridgehead atoms. The molecule has 1 unspecified atom stereocenters. The van der Waals surface area contributed by atoms with E-state index >= 15 is 0 Å². The van der Waals surface area contributed by atoms with Gasteiger partial charge in [-0.15, -0.1) is 0 Å². The summed E-state index contributed by atoms with van der Waals surface area (Å²) in [6.45, 7) is 11.7. The van der Waals surface area contributed by atoms with E-state index in [0.717, 1.165) is 12.1 Å². The molecule has 258 valence electrons. The van der Waals surface area contributed by atoms with Crippen LogP contribution in [0.3, 0.4) is 0 Å². The van der Waals surface area contributed by atoms with E-state index < -0.39 is 25.8 Å². The molecule has 0 saturated carbocycles. The number of benzene rings is 2. The molecule has 0 radical (unpaired) electrons. The van der Waals surface area contributed by atoms with Gasteiger partial charge in [-0.05, 0) is 61.4 Å². The van der Waals surface area contributed by atoms with Gasteiger partial charge < -0.3 is 19.4 Å². The number of nitrogens with one attached hydrogen (secondary N) is 2. The lowest BCUT2D eigenvalue weighted by Crippen LogP contribution is -2.22. The highest BCUT2D eigenvalue weighted by atomic mass is 35.5. The second-order valence-electron chi connectivity index (χ2n) is 13.1. The first-order valence-corrected chi connectivity index (χ1v) is 20.2. The van der Waals surface area contributed by atoms with E-state index in [1.165, 1.54) is 19.4 Å². The quantitative estimate of drug-likeness (QED) is 0.102. The monoisotopic (exact) mass is 707 g/mol. The molecular weight excluding hydrogens is 668 g/mol. The number of carbonyl (C=O) groups is 2. The van der Waals surface area contributed by atoms with Crippen molar-refractivity contribution in [2.75, 3.05) is 24.4 Å². The van der Waals surface area contributed by atoms with Crippen LogP contribution in [0, 0.1) is 11.6 Å². The Morgan fingerprint density at radius 3 is 2.67 bits per heavy atom. The first-order valence-electron chi connectivity index (χ1n) is 16.1. The number of imidazole rings is 1.